The molecule has 18 heavy (non-hydrogen) atoms. The van der Waals surface area contributed by atoms with Gasteiger partial charge < -0.3 is 0 Å². The van der Waals surface area contributed by atoms with Crippen LogP contribution in [0.5, 0.6) is 0 Å². The molecule has 3 rings (SSSR count). The first-order valence-electron chi connectivity index (χ1n) is 6.34. The van der Waals surface area contributed by atoms with Gasteiger partial charge in [0.1, 0.15) is 0 Å². The van der Waals surface area contributed by atoms with Gasteiger partial charge in [0.2, 0.25) is 0 Å². The fourth-order valence-electron chi connectivity index (χ4n) is 2.32. The molecule has 0 saturated carbocycles. The molecule has 0 nitrogen and oxygen atoms in total. The molecule has 0 fully saturated rings. The first kappa shape index (κ1) is 11.9. The van der Waals surface area contributed by atoms with Crippen LogP contribution < -0.4 is 0 Å². The Balaban J connectivity index is 1.99. The molecule has 0 unspecified atom stereocenters. The molecular formula is C17H15Sn. The van der Waals surface area contributed by atoms with Crippen molar-refractivity contribution in [2.45, 2.75) is 12.8 Å². The minimum absolute atomic E-state index is 0.438. The molecule has 0 aromatic heterocycles. The average molecular weight is 338 g/mol. The van der Waals surface area contributed by atoms with Crippen molar-refractivity contribution in [3.63, 3.8) is 0 Å². The third-order valence-electron chi connectivity index (χ3n) is 3.29. The second-order valence-corrected chi connectivity index (χ2v) is 8.01. The monoisotopic (exact) mass is 339 g/mol. The Morgan fingerprint density at radius 1 is 0.889 bits per heavy atom. The van der Waals surface area contributed by atoms with E-state index in [0.29, 0.717) is 0 Å². The molecule has 1 aliphatic heterocycles. The molecule has 1 heterocycles. The van der Waals surface area contributed by atoms with E-state index in [-0.39, 0.29) is 0 Å². The zero-order valence-corrected chi connectivity index (χ0v) is 13.1. The molecule has 1 aromatic rings. The van der Waals surface area contributed by atoms with E-state index in [1.54, 1.807) is 3.59 Å². The third kappa shape index (κ3) is 2.64. The van der Waals surface area contributed by atoms with Crippen LogP contribution >= 0.6 is 0 Å². The predicted molar refractivity (Wildman–Crippen MR) is 80.9 cm³/mol. The van der Waals surface area contributed by atoms with Gasteiger partial charge in [-0.3, -0.25) is 0 Å². The molecule has 0 bridgehead atoms. The first-order chi connectivity index (χ1) is 8.93. The summed E-state index contributed by atoms with van der Waals surface area (Å²) in [6, 6.07) is 8.68. The van der Waals surface area contributed by atoms with Gasteiger partial charge in [-0.1, -0.05) is 0 Å². The summed E-state index contributed by atoms with van der Waals surface area (Å²) < 4.78 is 4.09. The quantitative estimate of drug-likeness (QED) is 0.635. The summed E-state index contributed by atoms with van der Waals surface area (Å²) in [4.78, 5) is 0. The van der Waals surface area contributed by atoms with Gasteiger partial charge >= 0.3 is 119 Å². The standard InChI is InChI=1S/C17H15.Sn/c1-2-8-15-9-3-4-11-16-12-5-6-13-17(16)14-7-10-15;/h1-2,4-8,10-13H,3,14H2;/b8-2?,10-7-,11-4-,15-9?;. The van der Waals surface area contributed by atoms with Crippen molar-refractivity contribution in [1.29, 1.82) is 0 Å². The van der Waals surface area contributed by atoms with E-state index in [9.17, 15) is 0 Å². The third-order valence-corrected chi connectivity index (χ3v) is 6.71. The summed E-state index contributed by atoms with van der Waals surface area (Å²) in [5, 5.41) is 0. The van der Waals surface area contributed by atoms with Crippen LogP contribution in [0.3, 0.4) is 0 Å². The second kappa shape index (κ2) is 5.66. The van der Waals surface area contributed by atoms with E-state index >= 15 is 0 Å². The van der Waals surface area contributed by atoms with Gasteiger partial charge in [0.15, 0.2) is 0 Å². The van der Waals surface area contributed by atoms with E-state index in [0.717, 1.165) is 12.8 Å². The molecule has 2 aliphatic rings. The van der Waals surface area contributed by atoms with Crippen LogP contribution in [0, 0.1) is 0 Å². The van der Waals surface area contributed by atoms with Crippen LogP contribution in [-0.4, -0.2) is 24.7 Å². The van der Waals surface area contributed by atoms with Crippen LogP contribution in [0.1, 0.15) is 17.5 Å². The van der Waals surface area contributed by atoms with Crippen molar-refractivity contribution in [2.24, 2.45) is 0 Å². The summed E-state index contributed by atoms with van der Waals surface area (Å²) in [5.74, 6) is 0. The van der Waals surface area contributed by atoms with Crippen LogP contribution in [0.25, 0.3) is 6.08 Å². The topological polar surface area (TPSA) is 0 Å². The van der Waals surface area contributed by atoms with Crippen LogP contribution in [0.4, 0.5) is 0 Å². The summed E-state index contributed by atoms with van der Waals surface area (Å²) in [5.41, 5.74) is 4.25. The molecule has 1 aromatic carbocycles. The Kier molecular flexibility index (Phi) is 3.75. The van der Waals surface area contributed by atoms with E-state index in [1.807, 2.05) is 0 Å². The Hall–Kier alpha value is -1.15. The Morgan fingerprint density at radius 2 is 1.78 bits per heavy atom. The Morgan fingerprint density at radius 3 is 2.78 bits per heavy atom. The molecule has 0 amide bonds. The molecule has 0 N–H and O–H groups in total. The maximum atomic E-state index is 2.41. The van der Waals surface area contributed by atoms with Gasteiger partial charge in [0, 0.05) is 0 Å². The van der Waals surface area contributed by atoms with Crippen LogP contribution in [-0.2, 0) is 6.42 Å². The normalized spacial score (nSPS) is 21.1. The molecule has 1 radical (unpaired) electrons. The molecule has 0 atom stereocenters. The Bertz CT molecular complexity index is 598. The van der Waals surface area contributed by atoms with E-state index in [2.05, 4.69) is 64.7 Å². The van der Waals surface area contributed by atoms with Crippen molar-refractivity contribution >= 4 is 30.8 Å². The summed E-state index contributed by atoms with van der Waals surface area (Å²) in [6.45, 7) is 0. The van der Waals surface area contributed by atoms with E-state index < -0.39 is 20.7 Å². The number of allylic oxidation sites excluding steroid dienone is 7. The van der Waals surface area contributed by atoms with Crippen molar-refractivity contribution < 1.29 is 0 Å². The van der Waals surface area contributed by atoms with Crippen molar-refractivity contribution in [1.82, 2.24) is 0 Å². The number of benzene rings is 1. The summed E-state index contributed by atoms with van der Waals surface area (Å²) in [6.07, 6.45) is 15.9. The van der Waals surface area contributed by atoms with Crippen molar-refractivity contribution in [3.05, 3.63) is 74.9 Å². The van der Waals surface area contributed by atoms with Crippen molar-refractivity contribution in [3.8, 4) is 0 Å². The molecule has 1 aliphatic carbocycles. The molecular weight excluding hydrogens is 323 g/mol. The zero-order valence-electron chi connectivity index (χ0n) is 10.3. The van der Waals surface area contributed by atoms with Crippen LogP contribution in [0.15, 0.2) is 63.8 Å². The SMILES string of the molecule is C1=CC2=[C](C/C=C\c3ccccc3C/C=C\2)[Sn]=[CH]1. The number of rotatable bonds is 0. The second-order valence-electron chi connectivity index (χ2n) is 4.52. The summed E-state index contributed by atoms with van der Waals surface area (Å²) in [7, 11) is 0. The van der Waals surface area contributed by atoms with Gasteiger partial charge in [0.25, 0.3) is 0 Å². The van der Waals surface area contributed by atoms with E-state index in [1.165, 1.54) is 16.7 Å². The Labute approximate surface area is 118 Å². The average Bonchev–Trinajstić information content (AvgIpc) is 2.43. The van der Waals surface area contributed by atoms with E-state index in [4.69, 9.17) is 0 Å². The molecule has 0 spiro atoms. The minimum atomic E-state index is -0.438. The molecule has 1 heteroatoms. The van der Waals surface area contributed by atoms with Crippen LogP contribution in [0.2, 0.25) is 0 Å². The number of fused-ring (bicyclic) bond motifs is 1. The molecule has 0 saturated heterocycles. The number of hydrogen-bond donors (Lipinski definition) is 0. The first-order valence-corrected chi connectivity index (χ1v) is 9.41. The van der Waals surface area contributed by atoms with Gasteiger partial charge in [-0.2, -0.15) is 0 Å². The fourth-order valence-corrected chi connectivity index (χ4v) is 5.06. The fraction of sp³-hybridized carbons (Fsp3) is 0.118. The summed E-state index contributed by atoms with van der Waals surface area (Å²) >= 11 is -0.438. The molecule has 87 valence electrons. The number of hydrogen-bond acceptors (Lipinski definition) is 0. The maximum absolute atomic E-state index is 2.41. The van der Waals surface area contributed by atoms with Gasteiger partial charge in [-0.05, 0) is 0 Å². The predicted octanol–water partition coefficient (Wildman–Crippen LogP) is 3.53. The van der Waals surface area contributed by atoms with Crippen molar-refractivity contribution in [2.75, 3.05) is 0 Å². The van der Waals surface area contributed by atoms with Gasteiger partial charge in [0.05, 0.1) is 0 Å². The zero-order chi connectivity index (χ0) is 12.2. The van der Waals surface area contributed by atoms with Gasteiger partial charge in [-0.15, -0.1) is 0 Å². The van der Waals surface area contributed by atoms with Gasteiger partial charge in [-0.25, -0.2) is 0 Å².